The Morgan fingerprint density at radius 1 is 1.65 bits per heavy atom. The maximum Gasteiger partial charge on any atom is 0.371 e. The number of carbonyl (C=O) groups is 1. The van der Waals surface area contributed by atoms with Crippen LogP contribution in [0.1, 0.15) is 35.2 Å². The number of hydrogen-bond acceptors (Lipinski definition) is 4. The fraction of sp³-hybridized carbons (Fsp3) is 0.500. The minimum absolute atomic E-state index is 0.0335. The van der Waals surface area contributed by atoms with Gasteiger partial charge in [0.15, 0.2) is 0 Å². The van der Waals surface area contributed by atoms with E-state index in [-0.39, 0.29) is 5.76 Å². The van der Waals surface area contributed by atoms with Gasteiger partial charge in [-0.2, -0.15) is 5.26 Å². The Labute approximate surface area is 100 Å². The zero-order valence-corrected chi connectivity index (χ0v) is 10.1. The van der Waals surface area contributed by atoms with Crippen molar-refractivity contribution >= 4 is 5.97 Å². The number of furan rings is 1. The molecule has 0 aliphatic rings. The first-order valence-electron chi connectivity index (χ1n) is 5.50. The van der Waals surface area contributed by atoms with Crippen molar-refractivity contribution in [1.29, 1.82) is 5.26 Å². The molecule has 1 heterocycles. The van der Waals surface area contributed by atoms with Gasteiger partial charge in [-0.25, -0.2) is 4.79 Å². The third-order valence-electron chi connectivity index (χ3n) is 2.61. The lowest BCUT2D eigenvalue weighted by Crippen LogP contribution is -2.23. The van der Waals surface area contributed by atoms with Crippen LogP contribution in [0.2, 0.25) is 0 Å². The molecule has 0 bridgehead atoms. The highest BCUT2D eigenvalue weighted by Gasteiger charge is 2.14. The zero-order chi connectivity index (χ0) is 12.8. The van der Waals surface area contributed by atoms with Crippen LogP contribution >= 0.6 is 0 Å². The molecule has 5 nitrogen and oxygen atoms in total. The van der Waals surface area contributed by atoms with Gasteiger partial charge in [-0.3, -0.25) is 4.90 Å². The summed E-state index contributed by atoms with van der Waals surface area (Å²) in [5.74, 6) is -0.467. The normalized spacial score (nSPS) is 10.5. The van der Waals surface area contributed by atoms with Crippen molar-refractivity contribution in [3.63, 3.8) is 0 Å². The Hall–Kier alpha value is -1.80. The van der Waals surface area contributed by atoms with Gasteiger partial charge in [0.1, 0.15) is 5.76 Å². The second kappa shape index (κ2) is 6.06. The number of aromatic carboxylic acids is 1. The topological polar surface area (TPSA) is 77.5 Å². The highest BCUT2D eigenvalue weighted by molar-refractivity contribution is 5.84. The molecule has 0 amide bonds. The van der Waals surface area contributed by atoms with E-state index < -0.39 is 5.97 Å². The standard InChI is InChI=1S/C12H16N2O3/c1-3-14(6-4-5-13)8-10-7-11(12(15)16)17-9(10)2/h7H,3-4,6,8H2,1-2H3,(H,15,16). The van der Waals surface area contributed by atoms with Gasteiger partial charge in [0, 0.05) is 25.1 Å². The molecular weight excluding hydrogens is 220 g/mol. The van der Waals surface area contributed by atoms with Crippen LogP contribution in [0.5, 0.6) is 0 Å². The lowest BCUT2D eigenvalue weighted by molar-refractivity contribution is 0.0661. The number of hydrogen-bond donors (Lipinski definition) is 1. The van der Waals surface area contributed by atoms with Crippen LogP contribution in [0.15, 0.2) is 10.5 Å². The predicted octanol–water partition coefficient (Wildman–Crippen LogP) is 2.02. The molecular formula is C12H16N2O3. The summed E-state index contributed by atoms with van der Waals surface area (Å²) in [7, 11) is 0. The lowest BCUT2D eigenvalue weighted by Gasteiger charge is -2.18. The maximum atomic E-state index is 10.7. The summed E-state index contributed by atoms with van der Waals surface area (Å²) < 4.78 is 5.13. The van der Waals surface area contributed by atoms with E-state index in [0.29, 0.717) is 25.3 Å². The monoisotopic (exact) mass is 236 g/mol. The van der Waals surface area contributed by atoms with Crippen LogP contribution in [0.4, 0.5) is 0 Å². The average molecular weight is 236 g/mol. The molecule has 0 unspecified atom stereocenters. The number of carboxylic acids is 1. The van der Waals surface area contributed by atoms with E-state index in [0.717, 1.165) is 12.1 Å². The molecule has 92 valence electrons. The van der Waals surface area contributed by atoms with Gasteiger partial charge >= 0.3 is 5.97 Å². The second-order valence-electron chi connectivity index (χ2n) is 3.77. The largest absolute Gasteiger partial charge is 0.475 e. The molecule has 1 rings (SSSR count). The van der Waals surface area contributed by atoms with Gasteiger partial charge in [0.05, 0.1) is 6.07 Å². The summed E-state index contributed by atoms with van der Waals surface area (Å²) in [6.45, 7) is 5.86. The first-order valence-corrected chi connectivity index (χ1v) is 5.50. The minimum Gasteiger partial charge on any atom is -0.475 e. The fourth-order valence-corrected chi connectivity index (χ4v) is 1.58. The first-order chi connectivity index (χ1) is 8.08. The molecule has 0 saturated carbocycles. The lowest BCUT2D eigenvalue weighted by atomic mass is 10.2. The van der Waals surface area contributed by atoms with Gasteiger partial charge < -0.3 is 9.52 Å². The van der Waals surface area contributed by atoms with Gasteiger partial charge in [-0.1, -0.05) is 6.92 Å². The Balaban J connectivity index is 2.72. The van der Waals surface area contributed by atoms with Crippen LogP contribution < -0.4 is 0 Å². The van der Waals surface area contributed by atoms with E-state index in [2.05, 4.69) is 11.0 Å². The average Bonchev–Trinajstić information content (AvgIpc) is 2.66. The van der Waals surface area contributed by atoms with Gasteiger partial charge in [0.2, 0.25) is 5.76 Å². The van der Waals surface area contributed by atoms with E-state index >= 15 is 0 Å². The van der Waals surface area contributed by atoms with Crippen LogP contribution in [0.25, 0.3) is 0 Å². The molecule has 0 aliphatic heterocycles. The Kier molecular flexibility index (Phi) is 4.73. The molecule has 0 aromatic carbocycles. The van der Waals surface area contributed by atoms with Crippen molar-refractivity contribution in [3.8, 4) is 6.07 Å². The Morgan fingerprint density at radius 2 is 2.35 bits per heavy atom. The first kappa shape index (κ1) is 13.3. The van der Waals surface area contributed by atoms with Crippen molar-refractivity contribution in [1.82, 2.24) is 4.90 Å². The number of aryl methyl sites for hydroxylation is 1. The molecule has 0 spiro atoms. The van der Waals surface area contributed by atoms with E-state index in [4.69, 9.17) is 14.8 Å². The van der Waals surface area contributed by atoms with Gasteiger partial charge in [-0.15, -0.1) is 0 Å². The fourth-order valence-electron chi connectivity index (χ4n) is 1.58. The number of nitrogens with zero attached hydrogens (tertiary/aromatic N) is 2. The van der Waals surface area contributed by atoms with Crippen LogP contribution in [0, 0.1) is 18.3 Å². The Bertz CT molecular complexity index is 431. The van der Waals surface area contributed by atoms with Crippen molar-refractivity contribution < 1.29 is 14.3 Å². The summed E-state index contributed by atoms with van der Waals surface area (Å²) in [6, 6.07) is 3.65. The van der Waals surface area contributed by atoms with E-state index in [1.165, 1.54) is 0 Å². The molecule has 0 saturated heterocycles. The molecule has 0 radical (unpaired) electrons. The molecule has 1 aromatic rings. The highest BCUT2D eigenvalue weighted by atomic mass is 16.4. The molecule has 5 heteroatoms. The van der Waals surface area contributed by atoms with Crippen molar-refractivity contribution in [2.45, 2.75) is 26.8 Å². The summed E-state index contributed by atoms with van der Waals surface area (Å²) in [5, 5.41) is 17.3. The summed E-state index contributed by atoms with van der Waals surface area (Å²) in [6.07, 6.45) is 0.469. The van der Waals surface area contributed by atoms with Crippen molar-refractivity contribution in [3.05, 3.63) is 23.2 Å². The van der Waals surface area contributed by atoms with Crippen LogP contribution in [-0.4, -0.2) is 29.1 Å². The molecule has 17 heavy (non-hydrogen) atoms. The van der Waals surface area contributed by atoms with Crippen LogP contribution in [-0.2, 0) is 6.54 Å². The van der Waals surface area contributed by atoms with Gasteiger partial charge in [0.25, 0.3) is 0 Å². The van der Waals surface area contributed by atoms with Crippen molar-refractivity contribution in [2.75, 3.05) is 13.1 Å². The van der Waals surface area contributed by atoms with E-state index in [9.17, 15) is 4.79 Å². The minimum atomic E-state index is -1.06. The van der Waals surface area contributed by atoms with Crippen LogP contribution in [0.3, 0.4) is 0 Å². The molecule has 1 aromatic heterocycles. The molecule has 0 fully saturated rings. The summed E-state index contributed by atoms with van der Waals surface area (Å²) >= 11 is 0. The van der Waals surface area contributed by atoms with Gasteiger partial charge in [-0.05, 0) is 19.5 Å². The molecule has 0 aliphatic carbocycles. The summed E-state index contributed by atoms with van der Waals surface area (Å²) in [4.78, 5) is 12.8. The quantitative estimate of drug-likeness (QED) is 0.817. The van der Waals surface area contributed by atoms with Crippen molar-refractivity contribution in [2.24, 2.45) is 0 Å². The molecule has 0 atom stereocenters. The second-order valence-corrected chi connectivity index (χ2v) is 3.77. The third-order valence-corrected chi connectivity index (χ3v) is 2.61. The van der Waals surface area contributed by atoms with E-state index in [1.54, 1.807) is 13.0 Å². The number of nitriles is 1. The smallest absolute Gasteiger partial charge is 0.371 e. The highest BCUT2D eigenvalue weighted by Crippen LogP contribution is 2.16. The Morgan fingerprint density at radius 3 is 2.82 bits per heavy atom. The third kappa shape index (κ3) is 3.61. The SMILES string of the molecule is CCN(CCC#N)Cc1cc(C(=O)O)oc1C. The molecule has 1 N–H and O–H groups in total. The van der Waals surface area contributed by atoms with E-state index in [1.807, 2.05) is 6.92 Å². The number of carboxylic acid groups (broad SMARTS) is 1. The number of rotatable bonds is 6. The predicted molar refractivity (Wildman–Crippen MR) is 61.6 cm³/mol. The zero-order valence-electron chi connectivity index (χ0n) is 10.1. The maximum absolute atomic E-state index is 10.7. The summed E-state index contributed by atoms with van der Waals surface area (Å²) in [5.41, 5.74) is 0.863.